The molecule has 7 heteroatoms. The normalized spacial score (nSPS) is 15.3. The summed E-state index contributed by atoms with van der Waals surface area (Å²) >= 11 is 0. The van der Waals surface area contributed by atoms with Crippen molar-refractivity contribution in [3.63, 3.8) is 0 Å². The van der Waals surface area contributed by atoms with Crippen molar-refractivity contribution in [2.75, 3.05) is 19.6 Å². The molecule has 1 saturated heterocycles. The number of nitrogens with zero attached hydrogens (tertiary/aromatic N) is 2. The first-order chi connectivity index (χ1) is 17.9. The van der Waals surface area contributed by atoms with Crippen LogP contribution in [0.25, 0.3) is 0 Å². The van der Waals surface area contributed by atoms with Gasteiger partial charge in [0.1, 0.15) is 5.75 Å². The topological polar surface area (TPSA) is 83.6 Å². The predicted octanol–water partition coefficient (Wildman–Crippen LogP) is 4.10. The first-order valence-electron chi connectivity index (χ1n) is 12.9. The first kappa shape index (κ1) is 26.4. The number of hydrogen-bond acceptors (Lipinski definition) is 5. The molecule has 2 N–H and O–H groups in total. The van der Waals surface area contributed by atoms with Gasteiger partial charge in [-0.15, -0.1) is 0 Å². The largest absolute Gasteiger partial charge is 0.438 e. The lowest BCUT2D eigenvalue weighted by atomic mass is 10.0. The Kier molecular flexibility index (Phi) is 8.90. The van der Waals surface area contributed by atoms with Crippen molar-refractivity contribution < 1.29 is 14.3 Å². The van der Waals surface area contributed by atoms with Gasteiger partial charge in [-0.1, -0.05) is 48.5 Å². The van der Waals surface area contributed by atoms with Crippen LogP contribution in [0.5, 0.6) is 11.6 Å². The number of ether oxygens (including phenoxy) is 1. The van der Waals surface area contributed by atoms with Gasteiger partial charge in [-0.05, 0) is 55.5 Å². The summed E-state index contributed by atoms with van der Waals surface area (Å²) in [5.41, 5.74) is 4.89. The highest BCUT2D eigenvalue weighted by atomic mass is 16.5. The predicted molar refractivity (Wildman–Crippen MR) is 145 cm³/mol. The van der Waals surface area contributed by atoms with E-state index in [0.717, 1.165) is 41.9 Å². The highest BCUT2D eigenvalue weighted by molar-refractivity contribution is 5.77. The van der Waals surface area contributed by atoms with Gasteiger partial charge in [0, 0.05) is 56.8 Å². The zero-order chi connectivity index (χ0) is 26.2. The van der Waals surface area contributed by atoms with Crippen molar-refractivity contribution in [1.29, 1.82) is 0 Å². The Morgan fingerprint density at radius 2 is 1.86 bits per heavy atom. The van der Waals surface area contributed by atoms with Crippen LogP contribution in [0.1, 0.15) is 41.3 Å². The van der Waals surface area contributed by atoms with E-state index in [1.807, 2.05) is 67.3 Å². The third kappa shape index (κ3) is 7.40. The number of nitrogens with one attached hydrogen (secondary N) is 2. The average molecular weight is 501 g/mol. The lowest BCUT2D eigenvalue weighted by Crippen LogP contribution is -2.54. The van der Waals surface area contributed by atoms with Crippen LogP contribution in [0.2, 0.25) is 0 Å². The number of aryl methyl sites for hydroxylation is 3. The van der Waals surface area contributed by atoms with E-state index < -0.39 is 0 Å². The van der Waals surface area contributed by atoms with E-state index in [1.165, 1.54) is 12.5 Å². The Morgan fingerprint density at radius 1 is 1.08 bits per heavy atom. The van der Waals surface area contributed by atoms with Gasteiger partial charge in [-0.25, -0.2) is 4.98 Å². The maximum Gasteiger partial charge on any atom is 0.224 e. The molecule has 3 aromatic rings. The van der Waals surface area contributed by atoms with E-state index in [1.54, 1.807) is 0 Å². The Balaban J connectivity index is 1.47. The number of carbonyl (C=O) groups excluding carboxylic acids is 2. The summed E-state index contributed by atoms with van der Waals surface area (Å²) in [6.45, 7) is 8.07. The van der Waals surface area contributed by atoms with Crippen molar-refractivity contribution in [2.24, 2.45) is 0 Å². The first-order valence-corrected chi connectivity index (χ1v) is 12.9. The summed E-state index contributed by atoms with van der Waals surface area (Å²) in [5, 5.41) is 6.25. The quantitative estimate of drug-likeness (QED) is 0.462. The van der Waals surface area contributed by atoms with E-state index in [4.69, 9.17) is 4.74 Å². The van der Waals surface area contributed by atoms with Gasteiger partial charge in [-0.3, -0.25) is 9.59 Å². The molecule has 1 fully saturated rings. The summed E-state index contributed by atoms with van der Waals surface area (Å²) in [6.07, 6.45) is 1.82. The number of aromatic nitrogens is 1. The number of carbonyl (C=O) groups is 2. The minimum Gasteiger partial charge on any atom is -0.438 e. The maximum absolute atomic E-state index is 13.4. The van der Waals surface area contributed by atoms with Gasteiger partial charge in [0.15, 0.2) is 0 Å². The van der Waals surface area contributed by atoms with Crippen LogP contribution in [-0.4, -0.2) is 47.4 Å². The Bertz CT molecular complexity index is 1230. The van der Waals surface area contributed by atoms with Gasteiger partial charge in [0.05, 0.1) is 0 Å². The zero-order valence-corrected chi connectivity index (χ0v) is 21.9. The minimum absolute atomic E-state index is 0.111. The monoisotopic (exact) mass is 500 g/mol. The average Bonchev–Trinajstić information content (AvgIpc) is 2.88. The van der Waals surface area contributed by atoms with Crippen LogP contribution >= 0.6 is 0 Å². The smallest absolute Gasteiger partial charge is 0.224 e. The summed E-state index contributed by atoms with van der Waals surface area (Å²) in [4.78, 5) is 31.4. The van der Waals surface area contributed by atoms with Crippen LogP contribution in [-0.2, 0) is 29.0 Å². The second-order valence-corrected chi connectivity index (χ2v) is 9.67. The highest BCUT2D eigenvalue weighted by Crippen LogP contribution is 2.29. The van der Waals surface area contributed by atoms with E-state index in [-0.39, 0.29) is 17.9 Å². The summed E-state index contributed by atoms with van der Waals surface area (Å²) in [6, 6.07) is 20.4. The third-order valence-corrected chi connectivity index (χ3v) is 6.63. The van der Waals surface area contributed by atoms with Crippen LogP contribution in [0.3, 0.4) is 0 Å². The van der Waals surface area contributed by atoms with Crippen molar-refractivity contribution in [2.45, 2.75) is 52.6 Å². The molecule has 2 aromatic carbocycles. The van der Waals surface area contributed by atoms with E-state index in [9.17, 15) is 9.59 Å². The molecule has 4 rings (SSSR count). The lowest BCUT2D eigenvalue weighted by Gasteiger charge is -2.36. The van der Waals surface area contributed by atoms with Crippen molar-refractivity contribution >= 4 is 11.8 Å². The van der Waals surface area contributed by atoms with Gasteiger partial charge in [0.25, 0.3) is 0 Å². The highest BCUT2D eigenvalue weighted by Gasteiger charge is 2.26. The molecule has 1 aromatic heterocycles. The standard InChI is InChI=1S/C30H36N4O3/c1-21-9-11-25(28(17-21)37-30-26(19-32-23(3)35)12-10-22(2)33-30)13-14-29(36)34-16-15-31-20-27(34)18-24-7-5-4-6-8-24/h4-12,17,27,31H,13-16,18-20H2,1-3H3,(H,32,35)/t27-/m0/s1. The molecule has 1 aliphatic rings. The number of pyridine rings is 1. The number of piperazine rings is 1. The molecule has 2 amide bonds. The minimum atomic E-state index is -0.111. The fourth-order valence-electron chi connectivity index (χ4n) is 4.61. The maximum atomic E-state index is 13.4. The van der Waals surface area contributed by atoms with Gasteiger partial charge >= 0.3 is 0 Å². The Morgan fingerprint density at radius 3 is 2.65 bits per heavy atom. The SMILES string of the molecule is CC(=O)NCc1ccc(C)nc1Oc1cc(C)ccc1CCC(=O)N1CCNC[C@@H]1Cc1ccccc1. The molecular weight excluding hydrogens is 464 g/mol. The zero-order valence-electron chi connectivity index (χ0n) is 21.9. The number of rotatable bonds is 9. The van der Waals surface area contributed by atoms with Gasteiger partial charge in [0.2, 0.25) is 17.7 Å². The molecule has 1 aliphatic heterocycles. The second-order valence-electron chi connectivity index (χ2n) is 9.67. The molecule has 0 spiro atoms. The Labute approximate surface area is 219 Å². The molecule has 0 radical (unpaired) electrons. The van der Waals surface area contributed by atoms with Crippen LogP contribution in [0.15, 0.2) is 60.7 Å². The summed E-state index contributed by atoms with van der Waals surface area (Å²) in [5.74, 6) is 1.21. The molecule has 7 nitrogen and oxygen atoms in total. The van der Waals surface area contributed by atoms with Crippen LogP contribution < -0.4 is 15.4 Å². The number of amides is 2. The number of benzene rings is 2. The molecule has 0 aliphatic carbocycles. The fraction of sp³-hybridized carbons (Fsp3) is 0.367. The van der Waals surface area contributed by atoms with Crippen molar-refractivity contribution in [1.82, 2.24) is 20.5 Å². The van der Waals surface area contributed by atoms with E-state index >= 15 is 0 Å². The van der Waals surface area contributed by atoms with Crippen molar-refractivity contribution in [3.8, 4) is 11.6 Å². The summed E-state index contributed by atoms with van der Waals surface area (Å²) < 4.78 is 6.32. The second kappa shape index (κ2) is 12.5. The molecule has 0 bridgehead atoms. The Hall–Kier alpha value is -3.71. The lowest BCUT2D eigenvalue weighted by molar-refractivity contribution is -0.134. The van der Waals surface area contributed by atoms with Crippen LogP contribution in [0, 0.1) is 13.8 Å². The summed E-state index contributed by atoms with van der Waals surface area (Å²) in [7, 11) is 0. The van der Waals surface area contributed by atoms with Crippen molar-refractivity contribution in [3.05, 3.63) is 88.6 Å². The third-order valence-electron chi connectivity index (χ3n) is 6.63. The molecule has 0 unspecified atom stereocenters. The number of hydrogen-bond donors (Lipinski definition) is 2. The molecular formula is C30H36N4O3. The fourth-order valence-corrected chi connectivity index (χ4v) is 4.61. The van der Waals surface area contributed by atoms with Crippen LogP contribution in [0.4, 0.5) is 0 Å². The van der Waals surface area contributed by atoms with E-state index in [0.29, 0.717) is 37.6 Å². The van der Waals surface area contributed by atoms with E-state index in [2.05, 4.69) is 27.8 Å². The molecule has 1 atom stereocenters. The molecule has 37 heavy (non-hydrogen) atoms. The van der Waals surface area contributed by atoms with Gasteiger partial charge < -0.3 is 20.3 Å². The van der Waals surface area contributed by atoms with Gasteiger partial charge in [-0.2, -0.15) is 0 Å². The molecule has 194 valence electrons. The molecule has 0 saturated carbocycles. The molecule has 2 heterocycles.